The minimum Gasteiger partial charge on any atom is -0.493 e. The number of methoxy groups -OCH3 is 2. The Morgan fingerprint density at radius 1 is 1.25 bits per heavy atom. The van der Waals surface area contributed by atoms with Gasteiger partial charge >= 0.3 is 0 Å². The number of benzene rings is 1. The SMILES string of the molecule is COc1ccc(C(=O)N2CC(C)NCC2C)cc1OC. The number of hydrogen-bond donors (Lipinski definition) is 1. The molecule has 5 nitrogen and oxygen atoms in total. The molecule has 2 rings (SSSR count). The summed E-state index contributed by atoms with van der Waals surface area (Å²) in [7, 11) is 3.15. The maximum absolute atomic E-state index is 12.6. The fraction of sp³-hybridized carbons (Fsp3) is 0.533. The summed E-state index contributed by atoms with van der Waals surface area (Å²) in [6.07, 6.45) is 0. The highest BCUT2D eigenvalue weighted by molar-refractivity contribution is 5.95. The predicted octanol–water partition coefficient (Wildman–Crippen LogP) is 1.53. The fourth-order valence-corrected chi connectivity index (χ4v) is 2.44. The lowest BCUT2D eigenvalue weighted by molar-refractivity contribution is 0.0616. The molecule has 5 heteroatoms. The summed E-state index contributed by atoms with van der Waals surface area (Å²) in [4.78, 5) is 14.5. The van der Waals surface area contributed by atoms with E-state index in [0.717, 1.165) is 6.54 Å². The molecule has 2 atom stereocenters. The van der Waals surface area contributed by atoms with E-state index in [1.807, 2.05) is 4.90 Å². The van der Waals surface area contributed by atoms with Crippen LogP contribution in [0.25, 0.3) is 0 Å². The van der Waals surface area contributed by atoms with Crippen LogP contribution in [-0.2, 0) is 0 Å². The van der Waals surface area contributed by atoms with Gasteiger partial charge in [0.05, 0.1) is 14.2 Å². The largest absolute Gasteiger partial charge is 0.493 e. The van der Waals surface area contributed by atoms with Gasteiger partial charge in [0.2, 0.25) is 0 Å². The van der Waals surface area contributed by atoms with Gasteiger partial charge in [-0.3, -0.25) is 4.79 Å². The highest BCUT2D eigenvalue weighted by atomic mass is 16.5. The van der Waals surface area contributed by atoms with E-state index >= 15 is 0 Å². The molecule has 0 aliphatic carbocycles. The molecule has 1 aromatic carbocycles. The van der Waals surface area contributed by atoms with Crippen molar-refractivity contribution in [3.05, 3.63) is 23.8 Å². The summed E-state index contributed by atoms with van der Waals surface area (Å²) < 4.78 is 10.4. The normalized spacial score (nSPS) is 22.5. The van der Waals surface area contributed by atoms with Gasteiger partial charge in [0, 0.05) is 30.7 Å². The number of carbonyl (C=O) groups excluding carboxylic acids is 1. The second-order valence-corrected chi connectivity index (χ2v) is 5.19. The number of rotatable bonds is 3. The maximum atomic E-state index is 12.6. The average molecular weight is 278 g/mol. The molecular weight excluding hydrogens is 256 g/mol. The molecule has 1 aromatic rings. The molecule has 1 aliphatic rings. The van der Waals surface area contributed by atoms with Crippen molar-refractivity contribution in [2.45, 2.75) is 25.9 Å². The van der Waals surface area contributed by atoms with Crippen molar-refractivity contribution in [3.63, 3.8) is 0 Å². The van der Waals surface area contributed by atoms with Gasteiger partial charge in [0.1, 0.15) is 0 Å². The Labute approximate surface area is 119 Å². The highest BCUT2D eigenvalue weighted by Crippen LogP contribution is 2.28. The van der Waals surface area contributed by atoms with E-state index in [9.17, 15) is 4.79 Å². The van der Waals surface area contributed by atoms with Gasteiger partial charge in [-0.15, -0.1) is 0 Å². The van der Waals surface area contributed by atoms with Gasteiger partial charge in [0.25, 0.3) is 5.91 Å². The Balaban J connectivity index is 2.24. The van der Waals surface area contributed by atoms with Crippen LogP contribution >= 0.6 is 0 Å². The minimum atomic E-state index is 0.0341. The first-order valence-corrected chi connectivity index (χ1v) is 6.83. The summed E-state index contributed by atoms with van der Waals surface area (Å²) in [5.74, 6) is 1.24. The fourth-order valence-electron chi connectivity index (χ4n) is 2.44. The van der Waals surface area contributed by atoms with E-state index in [-0.39, 0.29) is 11.9 Å². The van der Waals surface area contributed by atoms with Crippen molar-refractivity contribution in [1.82, 2.24) is 10.2 Å². The average Bonchev–Trinajstić information content (AvgIpc) is 2.48. The third-order valence-corrected chi connectivity index (χ3v) is 3.66. The third-order valence-electron chi connectivity index (χ3n) is 3.66. The van der Waals surface area contributed by atoms with Crippen molar-refractivity contribution in [2.75, 3.05) is 27.3 Å². The van der Waals surface area contributed by atoms with Crippen molar-refractivity contribution in [1.29, 1.82) is 0 Å². The number of ether oxygens (including phenoxy) is 2. The molecule has 2 unspecified atom stereocenters. The van der Waals surface area contributed by atoms with E-state index < -0.39 is 0 Å². The minimum absolute atomic E-state index is 0.0341. The number of nitrogens with zero attached hydrogens (tertiary/aromatic N) is 1. The van der Waals surface area contributed by atoms with Crippen LogP contribution in [0.4, 0.5) is 0 Å². The molecule has 1 amide bonds. The number of amides is 1. The van der Waals surface area contributed by atoms with E-state index in [1.54, 1.807) is 32.4 Å². The van der Waals surface area contributed by atoms with E-state index in [0.29, 0.717) is 29.6 Å². The lowest BCUT2D eigenvalue weighted by Gasteiger charge is -2.37. The van der Waals surface area contributed by atoms with Crippen LogP contribution in [0.2, 0.25) is 0 Å². The second kappa shape index (κ2) is 6.13. The molecule has 0 spiro atoms. The van der Waals surface area contributed by atoms with Crippen LogP contribution in [0, 0.1) is 0 Å². The molecule has 0 saturated carbocycles. The van der Waals surface area contributed by atoms with Crippen molar-refractivity contribution < 1.29 is 14.3 Å². The topological polar surface area (TPSA) is 50.8 Å². The molecule has 1 N–H and O–H groups in total. The van der Waals surface area contributed by atoms with Gasteiger partial charge in [-0.25, -0.2) is 0 Å². The Hall–Kier alpha value is -1.75. The zero-order valence-electron chi connectivity index (χ0n) is 12.5. The van der Waals surface area contributed by atoms with Crippen molar-refractivity contribution in [2.24, 2.45) is 0 Å². The zero-order chi connectivity index (χ0) is 14.7. The van der Waals surface area contributed by atoms with Gasteiger partial charge in [-0.05, 0) is 32.0 Å². The van der Waals surface area contributed by atoms with E-state index in [1.165, 1.54) is 0 Å². The highest BCUT2D eigenvalue weighted by Gasteiger charge is 2.27. The second-order valence-electron chi connectivity index (χ2n) is 5.19. The summed E-state index contributed by atoms with van der Waals surface area (Å²) >= 11 is 0. The number of nitrogens with one attached hydrogen (secondary N) is 1. The van der Waals surface area contributed by atoms with E-state index in [4.69, 9.17) is 9.47 Å². The third kappa shape index (κ3) is 2.88. The molecule has 1 aliphatic heterocycles. The smallest absolute Gasteiger partial charge is 0.254 e. The monoisotopic (exact) mass is 278 g/mol. The summed E-state index contributed by atoms with van der Waals surface area (Å²) in [5.41, 5.74) is 0.628. The van der Waals surface area contributed by atoms with Gasteiger partial charge in [-0.2, -0.15) is 0 Å². The summed E-state index contributed by atoms with van der Waals surface area (Å²) in [6, 6.07) is 5.79. The van der Waals surface area contributed by atoms with Crippen LogP contribution in [0.3, 0.4) is 0 Å². The van der Waals surface area contributed by atoms with Crippen LogP contribution < -0.4 is 14.8 Å². The quantitative estimate of drug-likeness (QED) is 0.911. The van der Waals surface area contributed by atoms with Crippen molar-refractivity contribution >= 4 is 5.91 Å². The Morgan fingerprint density at radius 2 is 1.95 bits per heavy atom. The molecule has 1 fully saturated rings. The van der Waals surface area contributed by atoms with Gasteiger partial charge in [0.15, 0.2) is 11.5 Å². The molecular formula is C15H22N2O3. The zero-order valence-corrected chi connectivity index (χ0v) is 12.5. The molecule has 1 saturated heterocycles. The summed E-state index contributed by atoms with van der Waals surface area (Å²) in [6.45, 7) is 5.67. The van der Waals surface area contributed by atoms with Crippen LogP contribution in [-0.4, -0.2) is 50.2 Å². The first-order valence-electron chi connectivity index (χ1n) is 6.83. The maximum Gasteiger partial charge on any atom is 0.254 e. The van der Waals surface area contributed by atoms with Crippen molar-refractivity contribution in [3.8, 4) is 11.5 Å². The number of piperazine rings is 1. The van der Waals surface area contributed by atoms with Gasteiger partial charge in [-0.1, -0.05) is 0 Å². The number of hydrogen-bond acceptors (Lipinski definition) is 4. The Bertz CT molecular complexity index is 490. The molecule has 0 aromatic heterocycles. The molecule has 0 radical (unpaired) electrons. The lowest BCUT2D eigenvalue weighted by atomic mass is 10.1. The Morgan fingerprint density at radius 3 is 2.60 bits per heavy atom. The molecule has 20 heavy (non-hydrogen) atoms. The van der Waals surface area contributed by atoms with E-state index in [2.05, 4.69) is 19.2 Å². The van der Waals surface area contributed by atoms with Crippen LogP contribution in [0.15, 0.2) is 18.2 Å². The molecule has 0 bridgehead atoms. The Kier molecular flexibility index (Phi) is 4.49. The summed E-state index contributed by atoms with van der Waals surface area (Å²) in [5, 5.41) is 3.37. The van der Waals surface area contributed by atoms with Gasteiger partial charge < -0.3 is 19.7 Å². The molecule has 110 valence electrons. The van der Waals surface area contributed by atoms with Crippen LogP contribution in [0.5, 0.6) is 11.5 Å². The van der Waals surface area contributed by atoms with Crippen LogP contribution in [0.1, 0.15) is 24.2 Å². The lowest BCUT2D eigenvalue weighted by Crippen LogP contribution is -2.56. The first-order chi connectivity index (χ1) is 9.56. The predicted molar refractivity (Wildman–Crippen MR) is 77.5 cm³/mol. The first kappa shape index (κ1) is 14.7. The molecule has 1 heterocycles. The standard InChI is InChI=1S/C15H22N2O3/c1-10-9-17(11(2)8-16-10)15(18)12-5-6-13(19-3)14(7-12)20-4/h5-7,10-11,16H,8-9H2,1-4H3. The number of carbonyl (C=O) groups is 1.